The monoisotopic (exact) mass is 360 g/mol. The van der Waals surface area contributed by atoms with Crippen LogP contribution in [-0.2, 0) is 16.6 Å². The third kappa shape index (κ3) is 4.09. The van der Waals surface area contributed by atoms with Crippen LogP contribution < -0.4 is 9.47 Å². The molecule has 1 saturated heterocycles. The second-order valence-corrected chi connectivity index (χ2v) is 8.28. The molecule has 1 aromatic rings. The lowest BCUT2D eigenvalue weighted by molar-refractivity contribution is 0.171. The fraction of sp³-hybridized carbons (Fsp3) is 0.600. The van der Waals surface area contributed by atoms with E-state index in [-0.39, 0.29) is 0 Å². The van der Waals surface area contributed by atoms with E-state index < -0.39 is 10.0 Å². The van der Waals surface area contributed by atoms with Crippen molar-refractivity contribution in [3.05, 3.63) is 22.7 Å². The smallest absolute Gasteiger partial charge is 0.211 e. The van der Waals surface area contributed by atoms with Crippen molar-refractivity contribution in [1.29, 1.82) is 0 Å². The average molecular weight is 361 g/mol. The fourth-order valence-corrected chi connectivity index (χ4v) is 4.11. The second-order valence-electron chi connectivity index (χ2n) is 5.89. The summed E-state index contributed by atoms with van der Waals surface area (Å²) < 4.78 is 36.0. The highest BCUT2D eigenvalue weighted by Crippen LogP contribution is 2.38. The van der Waals surface area contributed by atoms with Gasteiger partial charge in [0.2, 0.25) is 10.0 Å². The van der Waals surface area contributed by atoms with Gasteiger partial charge in [-0.15, -0.1) is 0 Å². The predicted octanol–water partition coefficient (Wildman–Crippen LogP) is 1.58. The standard InChI is InChI=1S/C15H21ClN2O4S/c1-23(19,20)18-4-2-3-17(5-6-18)11-12-9-13(16)15-14(10-12)21-7-8-22-15/h9-10H,2-8,11H2,1H3. The first-order chi connectivity index (χ1) is 10.9. The summed E-state index contributed by atoms with van der Waals surface area (Å²) in [5.74, 6) is 1.30. The Labute approximate surface area is 142 Å². The van der Waals surface area contributed by atoms with Crippen molar-refractivity contribution in [3.63, 3.8) is 0 Å². The zero-order valence-corrected chi connectivity index (χ0v) is 14.7. The summed E-state index contributed by atoms with van der Waals surface area (Å²) in [6, 6.07) is 3.86. The maximum atomic E-state index is 11.7. The Balaban J connectivity index is 1.69. The summed E-state index contributed by atoms with van der Waals surface area (Å²) in [6.45, 7) is 4.43. The van der Waals surface area contributed by atoms with Crippen LogP contribution in [0.2, 0.25) is 5.02 Å². The van der Waals surface area contributed by atoms with Crippen LogP contribution in [0.4, 0.5) is 0 Å². The van der Waals surface area contributed by atoms with Crippen LogP contribution in [0.5, 0.6) is 11.5 Å². The normalized spacial score (nSPS) is 20.3. The topological polar surface area (TPSA) is 59.1 Å². The molecule has 8 heteroatoms. The van der Waals surface area contributed by atoms with Crippen LogP contribution in [0.25, 0.3) is 0 Å². The highest BCUT2D eigenvalue weighted by atomic mass is 35.5. The van der Waals surface area contributed by atoms with Gasteiger partial charge in [-0.25, -0.2) is 12.7 Å². The van der Waals surface area contributed by atoms with Gasteiger partial charge < -0.3 is 9.47 Å². The third-order valence-electron chi connectivity index (χ3n) is 4.08. The van der Waals surface area contributed by atoms with E-state index in [1.54, 1.807) is 4.31 Å². The van der Waals surface area contributed by atoms with Crippen molar-refractivity contribution in [2.24, 2.45) is 0 Å². The maximum absolute atomic E-state index is 11.7. The summed E-state index contributed by atoms with van der Waals surface area (Å²) in [5, 5.41) is 0.560. The number of sulfonamides is 1. The molecular weight excluding hydrogens is 340 g/mol. The molecular formula is C15H21ClN2O4S. The van der Waals surface area contributed by atoms with Gasteiger partial charge in [-0.05, 0) is 30.7 Å². The van der Waals surface area contributed by atoms with E-state index in [1.165, 1.54) is 6.26 Å². The first-order valence-electron chi connectivity index (χ1n) is 7.69. The molecule has 2 aliphatic heterocycles. The quantitative estimate of drug-likeness (QED) is 0.819. The van der Waals surface area contributed by atoms with Crippen molar-refractivity contribution in [3.8, 4) is 11.5 Å². The molecule has 0 bridgehead atoms. The van der Waals surface area contributed by atoms with E-state index in [2.05, 4.69) is 4.90 Å². The number of fused-ring (bicyclic) bond motifs is 1. The molecule has 0 saturated carbocycles. The molecule has 0 radical (unpaired) electrons. The molecule has 128 valence electrons. The zero-order valence-electron chi connectivity index (χ0n) is 13.1. The zero-order chi connectivity index (χ0) is 16.4. The van der Waals surface area contributed by atoms with E-state index in [4.69, 9.17) is 21.1 Å². The Morgan fingerprint density at radius 3 is 2.70 bits per heavy atom. The Bertz CT molecular complexity index is 680. The van der Waals surface area contributed by atoms with E-state index in [9.17, 15) is 8.42 Å². The van der Waals surface area contributed by atoms with Crippen LogP contribution in [0.1, 0.15) is 12.0 Å². The lowest BCUT2D eigenvalue weighted by atomic mass is 10.1. The van der Waals surface area contributed by atoms with E-state index in [1.807, 2.05) is 12.1 Å². The number of hydrogen-bond donors (Lipinski definition) is 0. The third-order valence-corrected chi connectivity index (χ3v) is 5.66. The maximum Gasteiger partial charge on any atom is 0.211 e. The van der Waals surface area contributed by atoms with Crippen LogP contribution in [0, 0.1) is 0 Å². The predicted molar refractivity (Wildman–Crippen MR) is 88.8 cm³/mol. The lowest BCUT2D eigenvalue weighted by Crippen LogP contribution is -2.34. The summed E-state index contributed by atoms with van der Waals surface area (Å²) >= 11 is 6.27. The molecule has 6 nitrogen and oxygen atoms in total. The van der Waals surface area contributed by atoms with Gasteiger partial charge in [0.1, 0.15) is 13.2 Å². The van der Waals surface area contributed by atoms with E-state index in [0.29, 0.717) is 55.9 Å². The van der Waals surface area contributed by atoms with Gasteiger partial charge in [-0.1, -0.05) is 11.6 Å². The molecule has 0 aromatic heterocycles. The molecule has 0 aliphatic carbocycles. The lowest BCUT2D eigenvalue weighted by Gasteiger charge is -2.23. The van der Waals surface area contributed by atoms with Gasteiger partial charge in [-0.3, -0.25) is 4.90 Å². The summed E-state index contributed by atoms with van der Waals surface area (Å²) in [7, 11) is -3.12. The minimum Gasteiger partial charge on any atom is -0.486 e. The molecule has 0 amide bonds. The van der Waals surface area contributed by atoms with Gasteiger partial charge in [0.25, 0.3) is 0 Å². The van der Waals surface area contributed by atoms with Crippen molar-refractivity contribution in [2.45, 2.75) is 13.0 Å². The second kappa shape index (κ2) is 6.84. The highest BCUT2D eigenvalue weighted by Gasteiger charge is 2.22. The highest BCUT2D eigenvalue weighted by molar-refractivity contribution is 7.88. The summed E-state index contributed by atoms with van der Waals surface area (Å²) in [4.78, 5) is 2.24. The molecule has 2 aliphatic rings. The first kappa shape index (κ1) is 16.8. The fourth-order valence-electron chi connectivity index (χ4n) is 2.95. The average Bonchev–Trinajstić information content (AvgIpc) is 2.73. The van der Waals surface area contributed by atoms with Crippen molar-refractivity contribution < 1.29 is 17.9 Å². The van der Waals surface area contributed by atoms with Crippen molar-refractivity contribution in [2.75, 3.05) is 45.6 Å². The van der Waals surface area contributed by atoms with Gasteiger partial charge in [-0.2, -0.15) is 0 Å². The molecule has 0 unspecified atom stereocenters. The summed E-state index contributed by atoms with van der Waals surface area (Å²) in [5.41, 5.74) is 1.05. The summed E-state index contributed by atoms with van der Waals surface area (Å²) in [6.07, 6.45) is 2.09. The molecule has 0 spiro atoms. The minimum atomic E-state index is -3.12. The van der Waals surface area contributed by atoms with Gasteiger partial charge in [0.15, 0.2) is 11.5 Å². The van der Waals surface area contributed by atoms with Crippen molar-refractivity contribution in [1.82, 2.24) is 9.21 Å². The number of benzene rings is 1. The number of ether oxygens (including phenoxy) is 2. The van der Waals surface area contributed by atoms with E-state index >= 15 is 0 Å². The first-order valence-corrected chi connectivity index (χ1v) is 9.91. The number of rotatable bonds is 3. The minimum absolute atomic E-state index is 0.513. The van der Waals surface area contributed by atoms with Crippen LogP contribution in [0.15, 0.2) is 12.1 Å². The number of nitrogens with zero attached hydrogens (tertiary/aromatic N) is 2. The van der Waals surface area contributed by atoms with E-state index in [0.717, 1.165) is 18.5 Å². The largest absolute Gasteiger partial charge is 0.486 e. The molecule has 1 aromatic carbocycles. The van der Waals surface area contributed by atoms with Crippen LogP contribution >= 0.6 is 11.6 Å². The molecule has 0 N–H and O–H groups in total. The van der Waals surface area contributed by atoms with Gasteiger partial charge in [0, 0.05) is 26.2 Å². The molecule has 0 atom stereocenters. The molecule has 3 rings (SSSR count). The molecule has 2 heterocycles. The SMILES string of the molecule is CS(=O)(=O)N1CCCN(Cc2cc(Cl)c3c(c2)OCCO3)CC1. The Kier molecular flexibility index (Phi) is 5.01. The van der Waals surface area contributed by atoms with Crippen molar-refractivity contribution >= 4 is 21.6 Å². The Morgan fingerprint density at radius 2 is 1.91 bits per heavy atom. The molecule has 1 fully saturated rings. The molecule has 23 heavy (non-hydrogen) atoms. The van der Waals surface area contributed by atoms with Crippen LogP contribution in [-0.4, -0.2) is 63.3 Å². The van der Waals surface area contributed by atoms with Crippen LogP contribution in [0.3, 0.4) is 0 Å². The Hall–Kier alpha value is -1.02. The van der Waals surface area contributed by atoms with Gasteiger partial charge in [0.05, 0.1) is 11.3 Å². The van der Waals surface area contributed by atoms with Gasteiger partial charge >= 0.3 is 0 Å². The Morgan fingerprint density at radius 1 is 1.13 bits per heavy atom. The number of hydrogen-bond acceptors (Lipinski definition) is 5. The number of halogens is 1.